The number of halogens is 1. The number of fused-ring (bicyclic) bond motifs is 1. The molecule has 0 spiro atoms. The van der Waals surface area contributed by atoms with Gasteiger partial charge in [0.2, 0.25) is 0 Å². The number of rotatable bonds is 3. The SMILES string of the molecule is Brc1cc2c(s1)CCCC2NCc1ccon1. The largest absolute Gasteiger partial charge is 0.364 e. The monoisotopic (exact) mass is 312 g/mol. The lowest BCUT2D eigenvalue weighted by Gasteiger charge is -2.23. The minimum Gasteiger partial charge on any atom is -0.364 e. The van der Waals surface area contributed by atoms with Crippen molar-refractivity contribution in [1.29, 1.82) is 0 Å². The molecule has 1 aliphatic rings. The maximum atomic E-state index is 4.83. The zero-order chi connectivity index (χ0) is 11.7. The highest BCUT2D eigenvalue weighted by molar-refractivity contribution is 9.11. The number of nitrogens with zero attached hydrogens (tertiary/aromatic N) is 1. The summed E-state index contributed by atoms with van der Waals surface area (Å²) in [6.45, 7) is 0.772. The molecule has 0 saturated heterocycles. The van der Waals surface area contributed by atoms with Gasteiger partial charge in [0.25, 0.3) is 0 Å². The molecule has 3 nitrogen and oxygen atoms in total. The van der Waals surface area contributed by atoms with E-state index in [4.69, 9.17) is 4.52 Å². The van der Waals surface area contributed by atoms with Gasteiger partial charge < -0.3 is 9.84 Å². The third-order valence-corrected chi connectivity index (χ3v) is 4.82. The van der Waals surface area contributed by atoms with Crippen LogP contribution in [0.1, 0.15) is 35.0 Å². The fraction of sp³-hybridized carbons (Fsp3) is 0.417. The van der Waals surface area contributed by atoms with Crippen LogP contribution in [0.15, 0.2) is 26.7 Å². The Morgan fingerprint density at radius 3 is 3.35 bits per heavy atom. The van der Waals surface area contributed by atoms with E-state index in [1.165, 1.54) is 33.5 Å². The highest BCUT2D eigenvalue weighted by Crippen LogP contribution is 2.37. The Labute approximate surface area is 112 Å². The standard InChI is InChI=1S/C12H13BrN2OS/c13-12-6-9-10(2-1-3-11(9)17-12)14-7-8-4-5-16-15-8/h4-6,10,14H,1-3,7H2. The van der Waals surface area contributed by atoms with E-state index in [9.17, 15) is 0 Å². The average molecular weight is 313 g/mol. The van der Waals surface area contributed by atoms with E-state index in [1.807, 2.05) is 17.4 Å². The minimum absolute atomic E-state index is 0.456. The van der Waals surface area contributed by atoms with E-state index in [0.717, 1.165) is 12.2 Å². The van der Waals surface area contributed by atoms with Crippen molar-refractivity contribution in [1.82, 2.24) is 10.5 Å². The maximum absolute atomic E-state index is 4.83. The summed E-state index contributed by atoms with van der Waals surface area (Å²) in [5.74, 6) is 0. The molecule has 0 aliphatic heterocycles. The first-order valence-corrected chi connectivity index (χ1v) is 7.34. The van der Waals surface area contributed by atoms with Crippen molar-refractivity contribution >= 4 is 27.3 Å². The molecule has 2 heterocycles. The van der Waals surface area contributed by atoms with Gasteiger partial charge in [-0.25, -0.2) is 0 Å². The van der Waals surface area contributed by atoms with E-state index in [-0.39, 0.29) is 0 Å². The molecule has 0 saturated carbocycles. The molecule has 3 rings (SSSR count). The zero-order valence-corrected chi connectivity index (χ0v) is 11.7. The topological polar surface area (TPSA) is 38.1 Å². The molecule has 2 aromatic heterocycles. The van der Waals surface area contributed by atoms with Crippen molar-refractivity contribution in [3.05, 3.63) is 38.3 Å². The highest BCUT2D eigenvalue weighted by atomic mass is 79.9. The summed E-state index contributed by atoms with van der Waals surface area (Å²) in [6, 6.07) is 4.61. The molecule has 1 N–H and O–H groups in total. The molecule has 0 radical (unpaired) electrons. The highest BCUT2D eigenvalue weighted by Gasteiger charge is 2.22. The number of thiophene rings is 1. The van der Waals surface area contributed by atoms with Crippen molar-refractivity contribution in [3.63, 3.8) is 0 Å². The van der Waals surface area contributed by atoms with Gasteiger partial charge in [-0.2, -0.15) is 0 Å². The van der Waals surface area contributed by atoms with Crippen LogP contribution in [0.25, 0.3) is 0 Å². The normalized spacial score (nSPS) is 19.2. The minimum atomic E-state index is 0.456. The smallest absolute Gasteiger partial charge is 0.124 e. The summed E-state index contributed by atoms with van der Waals surface area (Å²) in [5.41, 5.74) is 2.42. The van der Waals surface area contributed by atoms with Crippen LogP contribution in [-0.4, -0.2) is 5.16 Å². The van der Waals surface area contributed by atoms with Gasteiger partial charge in [-0.15, -0.1) is 11.3 Å². The summed E-state index contributed by atoms with van der Waals surface area (Å²) < 4.78 is 6.07. The molecule has 0 bridgehead atoms. The van der Waals surface area contributed by atoms with Gasteiger partial charge in [-0.1, -0.05) is 5.16 Å². The second kappa shape index (κ2) is 4.92. The molecule has 1 atom stereocenters. The Balaban J connectivity index is 1.72. The molecule has 17 heavy (non-hydrogen) atoms. The summed E-state index contributed by atoms with van der Waals surface area (Å²) in [5, 5.41) is 7.47. The summed E-state index contributed by atoms with van der Waals surface area (Å²) in [7, 11) is 0. The third-order valence-electron chi connectivity index (χ3n) is 3.10. The van der Waals surface area contributed by atoms with Gasteiger partial charge in [0.15, 0.2) is 0 Å². The molecule has 1 aliphatic carbocycles. The van der Waals surface area contributed by atoms with Crippen LogP contribution in [0.5, 0.6) is 0 Å². The van der Waals surface area contributed by atoms with Gasteiger partial charge in [0, 0.05) is 23.5 Å². The molecule has 1 unspecified atom stereocenters. The first kappa shape index (κ1) is 11.4. The Hall–Kier alpha value is -0.650. The number of hydrogen-bond acceptors (Lipinski definition) is 4. The van der Waals surface area contributed by atoms with Crippen LogP contribution in [0.4, 0.5) is 0 Å². The van der Waals surface area contributed by atoms with Crippen LogP contribution in [0.2, 0.25) is 0 Å². The van der Waals surface area contributed by atoms with Crippen molar-refractivity contribution in [3.8, 4) is 0 Å². The second-order valence-electron chi connectivity index (χ2n) is 4.25. The average Bonchev–Trinajstić information content (AvgIpc) is 2.93. The Kier molecular flexibility index (Phi) is 3.31. The van der Waals surface area contributed by atoms with Crippen LogP contribution in [0.3, 0.4) is 0 Å². The first-order valence-electron chi connectivity index (χ1n) is 5.73. The van der Waals surface area contributed by atoms with Gasteiger partial charge >= 0.3 is 0 Å². The molecule has 0 aromatic carbocycles. The Morgan fingerprint density at radius 2 is 2.53 bits per heavy atom. The van der Waals surface area contributed by atoms with Crippen molar-refractivity contribution < 1.29 is 4.52 Å². The number of nitrogens with one attached hydrogen (secondary N) is 1. The summed E-state index contributed by atoms with van der Waals surface area (Å²) in [4.78, 5) is 1.51. The predicted octanol–water partition coefficient (Wildman–Crippen LogP) is 3.67. The van der Waals surface area contributed by atoms with E-state index >= 15 is 0 Å². The van der Waals surface area contributed by atoms with Gasteiger partial charge in [0.05, 0.1) is 9.48 Å². The molecule has 2 aromatic rings. The van der Waals surface area contributed by atoms with Crippen molar-refractivity contribution in [2.75, 3.05) is 0 Å². The molecular formula is C12H13BrN2OS. The van der Waals surface area contributed by atoms with Gasteiger partial charge in [0.1, 0.15) is 6.26 Å². The Bertz CT molecular complexity index is 495. The molecular weight excluding hydrogens is 300 g/mol. The molecule has 90 valence electrons. The lowest BCUT2D eigenvalue weighted by Crippen LogP contribution is -2.23. The van der Waals surface area contributed by atoms with Crippen molar-refractivity contribution in [2.24, 2.45) is 0 Å². The van der Waals surface area contributed by atoms with Gasteiger partial charge in [-0.05, 0) is 46.8 Å². The molecule has 5 heteroatoms. The molecule has 0 amide bonds. The van der Waals surface area contributed by atoms with Crippen molar-refractivity contribution in [2.45, 2.75) is 31.8 Å². The lowest BCUT2D eigenvalue weighted by molar-refractivity contribution is 0.399. The number of aryl methyl sites for hydroxylation is 1. The number of aromatic nitrogens is 1. The fourth-order valence-electron chi connectivity index (χ4n) is 2.29. The third kappa shape index (κ3) is 2.46. The Morgan fingerprint density at radius 1 is 1.59 bits per heavy atom. The summed E-state index contributed by atoms with van der Waals surface area (Å²) in [6.07, 6.45) is 5.29. The summed E-state index contributed by atoms with van der Waals surface area (Å²) >= 11 is 5.43. The maximum Gasteiger partial charge on any atom is 0.124 e. The van der Waals surface area contributed by atoms with E-state index in [2.05, 4.69) is 32.5 Å². The molecule has 0 fully saturated rings. The van der Waals surface area contributed by atoms with E-state index < -0.39 is 0 Å². The quantitative estimate of drug-likeness (QED) is 0.939. The van der Waals surface area contributed by atoms with E-state index in [0.29, 0.717) is 6.04 Å². The van der Waals surface area contributed by atoms with Gasteiger partial charge in [-0.3, -0.25) is 0 Å². The van der Waals surface area contributed by atoms with Crippen LogP contribution >= 0.6 is 27.3 Å². The first-order chi connectivity index (χ1) is 8.33. The lowest BCUT2D eigenvalue weighted by atomic mass is 9.94. The predicted molar refractivity (Wildman–Crippen MR) is 71.0 cm³/mol. The fourth-order valence-corrected chi connectivity index (χ4v) is 4.11. The zero-order valence-electron chi connectivity index (χ0n) is 9.28. The van der Waals surface area contributed by atoms with Crippen LogP contribution < -0.4 is 5.32 Å². The number of hydrogen-bond donors (Lipinski definition) is 1. The van der Waals surface area contributed by atoms with E-state index in [1.54, 1.807) is 6.26 Å². The second-order valence-corrected chi connectivity index (χ2v) is 6.76. The van der Waals surface area contributed by atoms with Crippen LogP contribution in [0, 0.1) is 0 Å². The van der Waals surface area contributed by atoms with Crippen LogP contribution in [-0.2, 0) is 13.0 Å².